The van der Waals surface area contributed by atoms with Gasteiger partial charge in [-0.2, -0.15) is 0 Å². The quantitative estimate of drug-likeness (QED) is 0.823. The van der Waals surface area contributed by atoms with E-state index in [0.29, 0.717) is 0 Å². The Morgan fingerprint density at radius 1 is 1.47 bits per heavy atom. The van der Waals surface area contributed by atoms with E-state index in [-0.39, 0.29) is 5.91 Å². The number of hydrogen-bond acceptors (Lipinski definition) is 3. The van der Waals surface area contributed by atoms with Gasteiger partial charge in [0.25, 0.3) is 5.91 Å². The summed E-state index contributed by atoms with van der Waals surface area (Å²) in [7, 11) is 4.23. The molecule has 1 aromatic rings. The van der Waals surface area contributed by atoms with Gasteiger partial charge in [-0.15, -0.1) is 11.3 Å². The van der Waals surface area contributed by atoms with Gasteiger partial charge >= 0.3 is 0 Å². The maximum atomic E-state index is 12.1. The fourth-order valence-corrected chi connectivity index (χ4v) is 3.08. The van der Waals surface area contributed by atoms with Crippen molar-refractivity contribution in [2.24, 2.45) is 5.92 Å². The van der Waals surface area contributed by atoms with Gasteiger partial charge in [-0.05, 0) is 44.3 Å². The van der Waals surface area contributed by atoms with E-state index < -0.39 is 0 Å². The minimum atomic E-state index is 0.211. The van der Waals surface area contributed by atoms with Crippen molar-refractivity contribution in [1.29, 1.82) is 0 Å². The van der Waals surface area contributed by atoms with E-state index in [4.69, 9.17) is 0 Å². The molecule has 0 spiro atoms. The van der Waals surface area contributed by atoms with E-state index in [1.54, 1.807) is 0 Å². The summed E-state index contributed by atoms with van der Waals surface area (Å²) in [6, 6.07) is 3.86. The molecule has 1 aliphatic heterocycles. The van der Waals surface area contributed by atoms with Crippen molar-refractivity contribution in [2.75, 3.05) is 33.7 Å². The summed E-state index contributed by atoms with van der Waals surface area (Å²) in [6.07, 6.45) is 2.27. The van der Waals surface area contributed by atoms with Crippen LogP contribution in [0.15, 0.2) is 17.5 Å². The average Bonchev–Trinajstić information content (AvgIpc) is 2.82. The van der Waals surface area contributed by atoms with Gasteiger partial charge in [-0.1, -0.05) is 6.07 Å². The van der Waals surface area contributed by atoms with Crippen LogP contribution in [-0.2, 0) is 0 Å². The first kappa shape index (κ1) is 12.6. The molecule has 1 aliphatic rings. The Morgan fingerprint density at radius 2 is 2.18 bits per heavy atom. The summed E-state index contributed by atoms with van der Waals surface area (Å²) in [6.45, 7) is 2.96. The van der Waals surface area contributed by atoms with E-state index in [9.17, 15) is 4.79 Å². The number of hydrogen-bond donors (Lipinski definition) is 0. The summed E-state index contributed by atoms with van der Waals surface area (Å²) in [4.78, 5) is 17.2. The first-order valence-corrected chi connectivity index (χ1v) is 7.02. The van der Waals surface area contributed by atoms with E-state index in [1.807, 2.05) is 22.4 Å². The van der Waals surface area contributed by atoms with Crippen LogP contribution in [0, 0.1) is 5.92 Å². The van der Waals surface area contributed by atoms with Gasteiger partial charge in [0.05, 0.1) is 4.88 Å². The predicted molar refractivity (Wildman–Crippen MR) is 71.5 cm³/mol. The van der Waals surface area contributed by atoms with Crippen LogP contribution in [0.1, 0.15) is 22.5 Å². The van der Waals surface area contributed by atoms with Crippen LogP contribution in [0.3, 0.4) is 0 Å². The van der Waals surface area contributed by atoms with Crippen molar-refractivity contribution in [3.05, 3.63) is 22.4 Å². The Morgan fingerprint density at radius 3 is 2.71 bits per heavy atom. The highest BCUT2D eigenvalue weighted by atomic mass is 32.1. The zero-order chi connectivity index (χ0) is 12.3. The number of carbonyl (C=O) groups excluding carboxylic acids is 1. The van der Waals surface area contributed by atoms with E-state index in [1.165, 1.54) is 11.3 Å². The molecule has 0 bridgehead atoms. The lowest BCUT2D eigenvalue weighted by atomic mass is 9.96. The van der Waals surface area contributed by atoms with Crippen molar-refractivity contribution >= 4 is 17.2 Å². The molecule has 1 fully saturated rings. The molecule has 94 valence electrons. The third-order valence-corrected chi connectivity index (χ3v) is 4.11. The minimum absolute atomic E-state index is 0.211. The summed E-state index contributed by atoms with van der Waals surface area (Å²) >= 11 is 1.54. The molecule has 0 unspecified atom stereocenters. The lowest BCUT2D eigenvalue weighted by molar-refractivity contribution is 0.0683. The molecule has 3 nitrogen and oxygen atoms in total. The molecule has 0 saturated carbocycles. The molecule has 1 saturated heterocycles. The summed E-state index contributed by atoms with van der Waals surface area (Å²) in [5.41, 5.74) is 0. The zero-order valence-corrected chi connectivity index (χ0v) is 11.4. The van der Waals surface area contributed by atoms with Crippen LogP contribution >= 0.6 is 11.3 Å². The number of piperidine rings is 1. The number of amides is 1. The van der Waals surface area contributed by atoms with Crippen LogP contribution < -0.4 is 0 Å². The Hall–Kier alpha value is -0.870. The molecule has 1 amide bonds. The minimum Gasteiger partial charge on any atom is -0.338 e. The van der Waals surface area contributed by atoms with Gasteiger partial charge in [0.15, 0.2) is 0 Å². The normalized spacial score (nSPS) is 17.7. The second-order valence-electron chi connectivity index (χ2n) is 4.98. The van der Waals surface area contributed by atoms with Crippen LogP contribution in [0.2, 0.25) is 0 Å². The number of nitrogens with zero attached hydrogens (tertiary/aromatic N) is 2. The van der Waals surface area contributed by atoms with Crippen LogP contribution in [0.4, 0.5) is 0 Å². The smallest absolute Gasteiger partial charge is 0.263 e. The Balaban J connectivity index is 1.85. The summed E-state index contributed by atoms with van der Waals surface area (Å²) < 4.78 is 0. The second-order valence-corrected chi connectivity index (χ2v) is 5.92. The summed E-state index contributed by atoms with van der Waals surface area (Å²) in [5, 5.41) is 1.96. The molecule has 0 atom stereocenters. The molecule has 0 radical (unpaired) electrons. The highest BCUT2D eigenvalue weighted by Gasteiger charge is 2.24. The number of carbonyl (C=O) groups is 1. The molecule has 4 heteroatoms. The number of rotatable bonds is 3. The molecular weight excluding hydrogens is 232 g/mol. The molecule has 0 N–H and O–H groups in total. The van der Waals surface area contributed by atoms with E-state index >= 15 is 0 Å². The molecule has 2 heterocycles. The van der Waals surface area contributed by atoms with E-state index in [2.05, 4.69) is 19.0 Å². The van der Waals surface area contributed by atoms with Crippen LogP contribution in [0.5, 0.6) is 0 Å². The van der Waals surface area contributed by atoms with Gasteiger partial charge < -0.3 is 9.80 Å². The monoisotopic (exact) mass is 252 g/mol. The lowest BCUT2D eigenvalue weighted by Crippen LogP contribution is -2.40. The zero-order valence-electron chi connectivity index (χ0n) is 10.6. The van der Waals surface area contributed by atoms with Crippen LogP contribution in [-0.4, -0.2) is 49.4 Å². The van der Waals surface area contributed by atoms with Crippen LogP contribution in [0.25, 0.3) is 0 Å². The Kier molecular flexibility index (Phi) is 4.18. The fourth-order valence-electron chi connectivity index (χ4n) is 2.39. The van der Waals surface area contributed by atoms with Crippen molar-refractivity contribution in [2.45, 2.75) is 12.8 Å². The summed E-state index contributed by atoms with van der Waals surface area (Å²) in [5.74, 6) is 0.959. The highest BCUT2D eigenvalue weighted by Crippen LogP contribution is 2.20. The molecule has 1 aromatic heterocycles. The molecule has 0 aromatic carbocycles. The standard InChI is InChI=1S/C13H20N2OS/c1-14(2)10-11-5-7-15(8-6-11)13(16)12-4-3-9-17-12/h3-4,9,11H,5-8,10H2,1-2H3. The highest BCUT2D eigenvalue weighted by molar-refractivity contribution is 7.12. The van der Waals surface area contributed by atoms with E-state index in [0.717, 1.165) is 43.3 Å². The lowest BCUT2D eigenvalue weighted by Gasteiger charge is -2.33. The SMILES string of the molecule is CN(C)CC1CCN(C(=O)c2cccs2)CC1. The Labute approximate surface area is 107 Å². The van der Waals surface area contributed by atoms with Crippen molar-refractivity contribution in [1.82, 2.24) is 9.80 Å². The van der Waals surface area contributed by atoms with Crippen molar-refractivity contribution < 1.29 is 4.79 Å². The van der Waals surface area contributed by atoms with Gasteiger partial charge in [-0.3, -0.25) is 4.79 Å². The molecule has 17 heavy (non-hydrogen) atoms. The molecule has 2 rings (SSSR count). The first-order valence-electron chi connectivity index (χ1n) is 6.14. The van der Waals surface area contributed by atoms with Gasteiger partial charge in [0, 0.05) is 19.6 Å². The van der Waals surface area contributed by atoms with Gasteiger partial charge in [0.1, 0.15) is 0 Å². The molecular formula is C13H20N2OS. The van der Waals surface area contributed by atoms with Gasteiger partial charge in [0.2, 0.25) is 0 Å². The maximum absolute atomic E-state index is 12.1. The van der Waals surface area contributed by atoms with Crippen molar-refractivity contribution in [3.63, 3.8) is 0 Å². The number of likely N-dealkylation sites (tertiary alicyclic amines) is 1. The second kappa shape index (κ2) is 5.65. The molecule has 0 aliphatic carbocycles. The van der Waals surface area contributed by atoms with Crippen molar-refractivity contribution in [3.8, 4) is 0 Å². The Bertz CT molecular complexity index is 354. The van der Waals surface area contributed by atoms with Gasteiger partial charge in [-0.25, -0.2) is 0 Å². The first-order chi connectivity index (χ1) is 8.16. The third-order valence-electron chi connectivity index (χ3n) is 3.26. The third kappa shape index (κ3) is 3.30. The number of thiophene rings is 1. The predicted octanol–water partition coefficient (Wildman–Crippen LogP) is 2.16. The fraction of sp³-hybridized carbons (Fsp3) is 0.615. The average molecular weight is 252 g/mol. The topological polar surface area (TPSA) is 23.6 Å². The maximum Gasteiger partial charge on any atom is 0.263 e. The largest absolute Gasteiger partial charge is 0.338 e.